The van der Waals surface area contributed by atoms with Crippen LogP contribution in [0, 0.1) is 5.92 Å². The molecule has 38 heavy (non-hydrogen) atoms. The minimum Gasteiger partial charge on any atom is -0.391 e. The highest BCUT2D eigenvalue weighted by molar-refractivity contribution is 5.94. The van der Waals surface area contributed by atoms with Gasteiger partial charge in [0, 0.05) is 19.0 Å². The van der Waals surface area contributed by atoms with Crippen molar-refractivity contribution in [3.63, 3.8) is 0 Å². The number of hydrogen-bond acceptors (Lipinski definition) is 5. The molecule has 0 unspecified atom stereocenters. The van der Waals surface area contributed by atoms with E-state index in [1.54, 1.807) is 6.07 Å². The monoisotopic (exact) mass is 520 g/mol. The van der Waals surface area contributed by atoms with Crippen molar-refractivity contribution in [1.82, 2.24) is 20.2 Å². The van der Waals surface area contributed by atoms with Gasteiger partial charge >= 0.3 is 0 Å². The van der Waals surface area contributed by atoms with Crippen LogP contribution >= 0.6 is 0 Å². The number of aliphatic hydroxyl groups is 1. The van der Waals surface area contributed by atoms with Crippen LogP contribution in [-0.2, 0) is 11.2 Å². The molecule has 2 aromatic carbocycles. The van der Waals surface area contributed by atoms with E-state index in [2.05, 4.69) is 15.3 Å². The zero-order chi connectivity index (χ0) is 27.1. The van der Waals surface area contributed by atoms with Crippen molar-refractivity contribution in [2.45, 2.75) is 70.2 Å². The van der Waals surface area contributed by atoms with Crippen molar-refractivity contribution >= 4 is 22.8 Å². The van der Waals surface area contributed by atoms with Gasteiger partial charge in [-0.25, -0.2) is 9.37 Å². The molecule has 7 nitrogen and oxygen atoms in total. The number of fused-ring (bicyclic) bond motifs is 1. The van der Waals surface area contributed by atoms with Crippen LogP contribution in [0.4, 0.5) is 4.39 Å². The van der Waals surface area contributed by atoms with Gasteiger partial charge in [0.05, 0.1) is 29.4 Å². The van der Waals surface area contributed by atoms with Crippen LogP contribution in [0.1, 0.15) is 62.0 Å². The van der Waals surface area contributed by atoms with Gasteiger partial charge in [-0.05, 0) is 70.1 Å². The Morgan fingerprint density at radius 3 is 2.39 bits per heavy atom. The summed E-state index contributed by atoms with van der Waals surface area (Å²) in [6, 6.07) is 16.2. The Morgan fingerprint density at radius 2 is 1.71 bits per heavy atom. The first-order chi connectivity index (χ1) is 18.2. The number of halogens is 1. The molecule has 1 aromatic heterocycles. The molecule has 0 bridgehead atoms. The molecule has 2 heterocycles. The molecule has 1 saturated heterocycles. The van der Waals surface area contributed by atoms with Crippen molar-refractivity contribution in [3.8, 4) is 0 Å². The van der Waals surface area contributed by atoms with Gasteiger partial charge in [-0.2, -0.15) is 0 Å². The number of alkyl halides is 1. The second-order valence-corrected chi connectivity index (χ2v) is 10.8. The molecular weight excluding hydrogens is 483 g/mol. The summed E-state index contributed by atoms with van der Waals surface area (Å²) in [5.41, 5.74) is 0.960. The molecule has 202 valence electrons. The fourth-order valence-corrected chi connectivity index (χ4v) is 4.97. The lowest BCUT2D eigenvalue weighted by Gasteiger charge is -2.30. The lowest BCUT2D eigenvalue weighted by Crippen LogP contribution is -2.47. The van der Waals surface area contributed by atoms with E-state index in [4.69, 9.17) is 0 Å². The van der Waals surface area contributed by atoms with E-state index in [1.165, 1.54) is 20.0 Å². The molecule has 4 rings (SSSR count). The van der Waals surface area contributed by atoms with Crippen molar-refractivity contribution in [2.75, 3.05) is 13.1 Å². The summed E-state index contributed by atoms with van der Waals surface area (Å²) in [6.07, 6.45) is 3.36. The van der Waals surface area contributed by atoms with Gasteiger partial charge in [-0.15, -0.1) is 0 Å². The summed E-state index contributed by atoms with van der Waals surface area (Å²) in [7, 11) is 0. The van der Waals surface area contributed by atoms with E-state index in [0.29, 0.717) is 37.0 Å². The predicted octanol–water partition coefficient (Wildman–Crippen LogP) is 4.49. The van der Waals surface area contributed by atoms with E-state index in [-0.39, 0.29) is 24.4 Å². The van der Waals surface area contributed by atoms with Crippen LogP contribution in [0.25, 0.3) is 11.0 Å². The van der Waals surface area contributed by atoms with Crippen molar-refractivity contribution in [2.24, 2.45) is 5.92 Å². The molecule has 0 spiro atoms. The molecule has 1 aliphatic heterocycles. The fourth-order valence-electron chi connectivity index (χ4n) is 4.97. The Labute approximate surface area is 223 Å². The number of nitrogens with one attached hydrogen (secondary N) is 1. The van der Waals surface area contributed by atoms with Crippen LogP contribution in [0.15, 0.2) is 60.8 Å². The topological polar surface area (TPSA) is 95.4 Å². The quantitative estimate of drug-likeness (QED) is 0.389. The first-order valence-corrected chi connectivity index (χ1v) is 13.4. The van der Waals surface area contributed by atoms with E-state index in [1.807, 2.05) is 53.4 Å². The SMILES string of the molecule is CC(C)(F)CC[C@H](C[C@H](O)[C@H](Cc1ccccc1)NC(=O)c1cnc2ccccc2n1)C(=O)N1CCCC1. The predicted molar refractivity (Wildman–Crippen MR) is 145 cm³/mol. The van der Waals surface area contributed by atoms with Gasteiger partial charge in [0.15, 0.2) is 0 Å². The lowest BCUT2D eigenvalue weighted by atomic mass is 9.87. The smallest absolute Gasteiger partial charge is 0.271 e. The molecule has 3 atom stereocenters. The molecule has 2 N–H and O–H groups in total. The maximum atomic E-state index is 14.4. The first kappa shape index (κ1) is 27.6. The maximum Gasteiger partial charge on any atom is 0.271 e. The van der Waals surface area contributed by atoms with Gasteiger partial charge < -0.3 is 15.3 Å². The normalized spacial score (nSPS) is 16.3. The number of likely N-dealkylation sites (tertiary alicyclic amines) is 1. The Balaban J connectivity index is 1.54. The molecule has 8 heteroatoms. The summed E-state index contributed by atoms with van der Waals surface area (Å²) in [4.78, 5) is 37.1. The Kier molecular flexibility index (Phi) is 9.05. The van der Waals surface area contributed by atoms with E-state index < -0.39 is 29.6 Å². The molecule has 1 fully saturated rings. The number of carbonyl (C=O) groups is 2. The second kappa shape index (κ2) is 12.4. The number of carbonyl (C=O) groups excluding carboxylic acids is 2. The van der Waals surface area contributed by atoms with Gasteiger partial charge in [-0.3, -0.25) is 14.6 Å². The van der Waals surface area contributed by atoms with Crippen LogP contribution in [0.2, 0.25) is 0 Å². The highest BCUT2D eigenvalue weighted by atomic mass is 19.1. The lowest BCUT2D eigenvalue weighted by molar-refractivity contribution is -0.136. The molecule has 2 amide bonds. The fraction of sp³-hybridized carbons (Fsp3) is 0.467. The molecule has 0 radical (unpaired) electrons. The van der Waals surface area contributed by atoms with E-state index in [9.17, 15) is 19.1 Å². The van der Waals surface area contributed by atoms with Gasteiger partial charge in [0.2, 0.25) is 5.91 Å². The third-order valence-electron chi connectivity index (χ3n) is 7.14. The highest BCUT2D eigenvalue weighted by Crippen LogP contribution is 2.27. The average Bonchev–Trinajstić information content (AvgIpc) is 3.45. The van der Waals surface area contributed by atoms with E-state index in [0.717, 1.165) is 18.4 Å². The number of hydrogen-bond donors (Lipinski definition) is 2. The number of amides is 2. The van der Waals surface area contributed by atoms with Crippen molar-refractivity contribution in [1.29, 1.82) is 0 Å². The Hall–Kier alpha value is -3.39. The molecule has 0 aliphatic carbocycles. The second-order valence-electron chi connectivity index (χ2n) is 10.8. The number of nitrogens with zero attached hydrogens (tertiary/aromatic N) is 3. The first-order valence-electron chi connectivity index (χ1n) is 13.4. The summed E-state index contributed by atoms with van der Waals surface area (Å²) >= 11 is 0. The number of para-hydroxylation sites is 2. The number of benzene rings is 2. The third kappa shape index (κ3) is 7.57. The number of aromatic nitrogens is 2. The number of aliphatic hydroxyl groups excluding tert-OH is 1. The van der Waals surface area contributed by atoms with Crippen LogP contribution in [0.3, 0.4) is 0 Å². The van der Waals surface area contributed by atoms with Crippen LogP contribution in [-0.4, -0.2) is 62.7 Å². The van der Waals surface area contributed by atoms with Crippen molar-refractivity contribution in [3.05, 3.63) is 72.1 Å². The minimum absolute atomic E-state index is 0.0454. The van der Waals surface area contributed by atoms with Gasteiger partial charge in [0.25, 0.3) is 5.91 Å². The third-order valence-corrected chi connectivity index (χ3v) is 7.14. The summed E-state index contributed by atoms with van der Waals surface area (Å²) in [5, 5.41) is 14.4. The minimum atomic E-state index is -1.42. The molecule has 1 aliphatic rings. The molecular formula is C30H37FN4O3. The zero-order valence-corrected chi connectivity index (χ0v) is 22.1. The average molecular weight is 521 g/mol. The molecule has 0 saturated carbocycles. The van der Waals surface area contributed by atoms with Gasteiger partial charge in [0.1, 0.15) is 11.4 Å². The Morgan fingerprint density at radius 1 is 1.05 bits per heavy atom. The Bertz CT molecular complexity index is 1220. The van der Waals surface area contributed by atoms with Gasteiger partial charge in [-0.1, -0.05) is 42.5 Å². The van der Waals surface area contributed by atoms with E-state index >= 15 is 0 Å². The maximum absolute atomic E-state index is 14.4. The van der Waals surface area contributed by atoms with Crippen molar-refractivity contribution < 1.29 is 19.1 Å². The van der Waals surface area contributed by atoms with Crippen LogP contribution < -0.4 is 5.32 Å². The zero-order valence-electron chi connectivity index (χ0n) is 22.1. The standard InChI is InChI=1S/C30H37FN4O3/c1-30(2,31)15-14-22(29(38)35-16-8-9-17-35)19-27(36)25(18-21-10-4-3-5-11-21)34-28(37)26-20-32-23-12-6-7-13-24(23)33-26/h3-7,10-13,20,22,25,27,36H,8-9,14-19H2,1-2H3,(H,34,37)/t22-,25+,27+/m1/s1. The number of rotatable bonds is 11. The largest absolute Gasteiger partial charge is 0.391 e. The van der Waals surface area contributed by atoms with Crippen LogP contribution in [0.5, 0.6) is 0 Å². The summed E-state index contributed by atoms with van der Waals surface area (Å²) in [5.74, 6) is -1.03. The summed E-state index contributed by atoms with van der Waals surface area (Å²) < 4.78 is 14.4. The summed E-state index contributed by atoms with van der Waals surface area (Å²) in [6.45, 7) is 4.39. The molecule has 3 aromatic rings. The highest BCUT2D eigenvalue weighted by Gasteiger charge is 2.33.